The summed E-state index contributed by atoms with van der Waals surface area (Å²) in [5.41, 5.74) is 0.740. The molecule has 7 nitrogen and oxygen atoms in total. The summed E-state index contributed by atoms with van der Waals surface area (Å²) in [5.74, 6) is -1.67. The molecule has 8 heteroatoms. The highest BCUT2D eigenvalue weighted by molar-refractivity contribution is 7.09. The smallest absolute Gasteiger partial charge is 0.246 e. The van der Waals surface area contributed by atoms with Crippen LogP contribution in [0.2, 0.25) is 0 Å². The number of likely N-dealkylation sites (tertiary alicyclic amines) is 1. The highest BCUT2D eigenvalue weighted by Gasteiger charge is 2.72. The first-order valence-corrected chi connectivity index (χ1v) is 14.7. The van der Waals surface area contributed by atoms with Gasteiger partial charge >= 0.3 is 0 Å². The number of carbonyl (C=O) groups is 3. The summed E-state index contributed by atoms with van der Waals surface area (Å²) < 4.78 is 6.46. The minimum absolute atomic E-state index is 0.112. The number of nitrogens with zero attached hydrogens (tertiary/aromatic N) is 1. The van der Waals surface area contributed by atoms with Crippen molar-refractivity contribution in [2.75, 3.05) is 5.32 Å². The second kappa shape index (κ2) is 9.97. The molecule has 1 aliphatic carbocycles. The molecule has 4 aliphatic rings. The van der Waals surface area contributed by atoms with Crippen LogP contribution in [0.25, 0.3) is 0 Å². The lowest BCUT2D eigenvalue weighted by molar-refractivity contribution is -0.142. The van der Waals surface area contributed by atoms with Crippen molar-refractivity contribution < 1.29 is 19.1 Å². The molecule has 3 fully saturated rings. The minimum Gasteiger partial charge on any atom is -0.359 e. The number of hydrogen-bond acceptors (Lipinski definition) is 5. The van der Waals surface area contributed by atoms with Crippen molar-refractivity contribution in [3.63, 3.8) is 0 Å². The molecule has 1 aromatic heterocycles. The molecule has 3 amide bonds. The standard InChI is InChI=1S/C30H35N3O4S/c1-18(2)19-10-12-21(13-11-19)31-27(34)24-23-14-15-30(37-23)25(24)29(36)33(17-22-9-6-16-38-22)26(30)28(35)32-20-7-4-3-5-8-20/h6,9-16,18,20,23-26H,3-5,7-8,17H2,1-2H3,(H,31,34)(H,32,35)/t23-,24-,25-,26-,30-/m1/s1. The van der Waals surface area contributed by atoms with E-state index >= 15 is 0 Å². The third-order valence-corrected chi connectivity index (χ3v) is 9.49. The van der Waals surface area contributed by atoms with Gasteiger partial charge in [0, 0.05) is 16.6 Å². The number of amides is 3. The monoisotopic (exact) mass is 533 g/mol. The predicted octanol–water partition coefficient (Wildman–Crippen LogP) is 4.61. The number of nitrogens with one attached hydrogen (secondary N) is 2. The molecule has 0 unspecified atom stereocenters. The zero-order valence-electron chi connectivity index (χ0n) is 21.9. The van der Waals surface area contributed by atoms with E-state index in [-0.39, 0.29) is 23.8 Å². The van der Waals surface area contributed by atoms with Crippen LogP contribution in [-0.4, -0.2) is 46.4 Å². The molecule has 2 aromatic rings. The number of benzene rings is 1. The zero-order chi connectivity index (χ0) is 26.4. The lowest BCUT2D eigenvalue weighted by Crippen LogP contribution is -2.56. The molecular weight excluding hydrogens is 498 g/mol. The second-order valence-corrected chi connectivity index (χ2v) is 12.4. The van der Waals surface area contributed by atoms with Crippen LogP contribution in [0.4, 0.5) is 5.69 Å². The quantitative estimate of drug-likeness (QED) is 0.509. The Kier molecular flexibility index (Phi) is 6.64. The number of anilines is 1. The van der Waals surface area contributed by atoms with Crippen LogP contribution < -0.4 is 10.6 Å². The summed E-state index contributed by atoms with van der Waals surface area (Å²) >= 11 is 1.55. The molecule has 2 saturated heterocycles. The lowest BCUT2D eigenvalue weighted by Gasteiger charge is -2.34. The minimum atomic E-state index is -1.14. The Balaban J connectivity index is 1.28. The molecule has 1 saturated carbocycles. The van der Waals surface area contributed by atoms with E-state index in [4.69, 9.17) is 4.74 Å². The van der Waals surface area contributed by atoms with Gasteiger partial charge in [-0.25, -0.2) is 0 Å². The molecule has 0 radical (unpaired) electrons. The second-order valence-electron chi connectivity index (χ2n) is 11.4. The SMILES string of the molecule is CC(C)c1ccc(NC(=O)[C@@H]2[C@H]3C=C[C@@]4(O3)[C@H]2C(=O)N(Cc2cccs2)[C@@H]4C(=O)NC2CCCCC2)cc1. The van der Waals surface area contributed by atoms with Gasteiger partial charge in [0.25, 0.3) is 0 Å². The summed E-state index contributed by atoms with van der Waals surface area (Å²) in [7, 11) is 0. The first-order chi connectivity index (χ1) is 18.4. The number of carbonyl (C=O) groups excluding carboxylic acids is 3. The Morgan fingerprint density at radius 2 is 1.87 bits per heavy atom. The van der Waals surface area contributed by atoms with Crippen LogP contribution in [-0.2, 0) is 25.7 Å². The van der Waals surface area contributed by atoms with E-state index in [1.807, 2.05) is 53.9 Å². The maximum Gasteiger partial charge on any atom is 0.246 e. The summed E-state index contributed by atoms with van der Waals surface area (Å²) in [6, 6.07) is 11.0. The van der Waals surface area contributed by atoms with Gasteiger partial charge in [-0.2, -0.15) is 0 Å². The van der Waals surface area contributed by atoms with Crippen molar-refractivity contribution in [2.45, 2.75) is 82.2 Å². The fourth-order valence-electron chi connectivity index (χ4n) is 6.71. The Labute approximate surface area is 227 Å². The Morgan fingerprint density at radius 1 is 1.11 bits per heavy atom. The van der Waals surface area contributed by atoms with Crippen LogP contribution in [0.15, 0.2) is 53.9 Å². The zero-order valence-corrected chi connectivity index (χ0v) is 22.7. The van der Waals surface area contributed by atoms with E-state index in [0.717, 1.165) is 30.6 Å². The maximum atomic E-state index is 14.0. The van der Waals surface area contributed by atoms with Crippen LogP contribution in [0.1, 0.15) is 62.3 Å². The third kappa shape index (κ3) is 4.28. The van der Waals surface area contributed by atoms with Crippen molar-refractivity contribution in [3.8, 4) is 0 Å². The summed E-state index contributed by atoms with van der Waals surface area (Å²) in [4.78, 5) is 44.2. The lowest BCUT2D eigenvalue weighted by atomic mass is 9.74. The van der Waals surface area contributed by atoms with Gasteiger partial charge in [0.1, 0.15) is 11.6 Å². The fourth-order valence-corrected chi connectivity index (χ4v) is 7.41. The van der Waals surface area contributed by atoms with E-state index in [1.54, 1.807) is 16.2 Å². The Bertz CT molecular complexity index is 1230. The average molecular weight is 534 g/mol. The highest BCUT2D eigenvalue weighted by Crippen LogP contribution is 2.55. The molecule has 3 aliphatic heterocycles. The molecule has 200 valence electrons. The van der Waals surface area contributed by atoms with Crippen molar-refractivity contribution in [1.82, 2.24) is 10.2 Å². The predicted molar refractivity (Wildman–Crippen MR) is 147 cm³/mol. The molecule has 4 heterocycles. The van der Waals surface area contributed by atoms with E-state index in [0.29, 0.717) is 18.2 Å². The van der Waals surface area contributed by atoms with E-state index < -0.39 is 29.6 Å². The number of ether oxygens (including phenoxy) is 1. The molecular formula is C30H35N3O4S. The van der Waals surface area contributed by atoms with Crippen molar-refractivity contribution in [3.05, 3.63) is 64.4 Å². The maximum absolute atomic E-state index is 14.0. The van der Waals surface area contributed by atoms with Crippen molar-refractivity contribution in [1.29, 1.82) is 0 Å². The topological polar surface area (TPSA) is 87.7 Å². The average Bonchev–Trinajstić information content (AvgIpc) is 3.68. The van der Waals surface area contributed by atoms with Crippen LogP contribution in [0, 0.1) is 11.8 Å². The fraction of sp³-hybridized carbons (Fsp3) is 0.500. The third-order valence-electron chi connectivity index (χ3n) is 8.63. The summed E-state index contributed by atoms with van der Waals surface area (Å²) in [6.07, 6.45) is 8.50. The van der Waals surface area contributed by atoms with Gasteiger partial charge in [-0.1, -0.05) is 63.5 Å². The summed E-state index contributed by atoms with van der Waals surface area (Å²) in [6.45, 7) is 4.57. The first-order valence-electron chi connectivity index (χ1n) is 13.8. The van der Waals surface area contributed by atoms with Crippen LogP contribution in [0.3, 0.4) is 0 Å². The van der Waals surface area contributed by atoms with E-state index in [2.05, 4.69) is 24.5 Å². The molecule has 38 heavy (non-hydrogen) atoms. The van der Waals surface area contributed by atoms with E-state index in [9.17, 15) is 14.4 Å². The largest absolute Gasteiger partial charge is 0.359 e. The molecule has 5 atom stereocenters. The first kappa shape index (κ1) is 25.3. The van der Waals surface area contributed by atoms with Gasteiger partial charge in [0.15, 0.2) is 0 Å². The molecule has 1 aromatic carbocycles. The van der Waals surface area contributed by atoms with E-state index in [1.165, 1.54) is 12.0 Å². The van der Waals surface area contributed by atoms with Gasteiger partial charge in [-0.05, 0) is 47.9 Å². The molecule has 2 N–H and O–H groups in total. The van der Waals surface area contributed by atoms with Gasteiger partial charge < -0.3 is 20.3 Å². The van der Waals surface area contributed by atoms with Crippen LogP contribution >= 0.6 is 11.3 Å². The Hall–Kier alpha value is -2.97. The highest BCUT2D eigenvalue weighted by atomic mass is 32.1. The number of rotatable bonds is 7. The molecule has 1 spiro atoms. The number of fused-ring (bicyclic) bond motifs is 1. The molecule has 6 rings (SSSR count). The molecule has 2 bridgehead atoms. The Morgan fingerprint density at radius 3 is 2.55 bits per heavy atom. The summed E-state index contributed by atoms with van der Waals surface area (Å²) in [5, 5.41) is 8.22. The van der Waals surface area contributed by atoms with Gasteiger partial charge in [-0.3, -0.25) is 14.4 Å². The normalized spacial score (nSPS) is 30.2. The number of thiophene rings is 1. The van der Waals surface area contributed by atoms with Gasteiger partial charge in [0.2, 0.25) is 17.7 Å². The van der Waals surface area contributed by atoms with Gasteiger partial charge in [-0.15, -0.1) is 11.3 Å². The van der Waals surface area contributed by atoms with Crippen molar-refractivity contribution in [2.24, 2.45) is 11.8 Å². The van der Waals surface area contributed by atoms with Crippen molar-refractivity contribution >= 4 is 34.7 Å². The van der Waals surface area contributed by atoms with Gasteiger partial charge in [0.05, 0.1) is 24.5 Å². The van der Waals surface area contributed by atoms with Crippen LogP contribution in [0.5, 0.6) is 0 Å². The number of hydrogen-bond donors (Lipinski definition) is 2.